The summed E-state index contributed by atoms with van der Waals surface area (Å²) in [5.74, 6) is 2.43. The summed E-state index contributed by atoms with van der Waals surface area (Å²) in [5.41, 5.74) is 4.88. The van der Waals surface area contributed by atoms with Gasteiger partial charge in [-0.25, -0.2) is 0 Å². The summed E-state index contributed by atoms with van der Waals surface area (Å²) in [6.07, 6.45) is 13.5. The zero-order valence-electron chi connectivity index (χ0n) is 14.9. The van der Waals surface area contributed by atoms with Gasteiger partial charge in [-0.1, -0.05) is 69.7 Å². The van der Waals surface area contributed by atoms with E-state index in [0.717, 1.165) is 23.3 Å². The van der Waals surface area contributed by atoms with Crippen LogP contribution in [0.1, 0.15) is 59.8 Å². The van der Waals surface area contributed by atoms with E-state index in [-0.39, 0.29) is 5.41 Å². The number of hydrogen-bond acceptors (Lipinski definition) is 0. The van der Waals surface area contributed by atoms with Crippen LogP contribution in [0.25, 0.3) is 0 Å². The van der Waals surface area contributed by atoms with Gasteiger partial charge in [-0.05, 0) is 61.3 Å². The Morgan fingerprint density at radius 2 is 1.95 bits per heavy atom. The highest BCUT2D eigenvalue weighted by Gasteiger charge is 2.53. The maximum Gasteiger partial charge on any atom is 0.00972 e. The summed E-state index contributed by atoms with van der Waals surface area (Å²) in [7, 11) is 0. The zero-order valence-corrected chi connectivity index (χ0v) is 14.9. The van der Waals surface area contributed by atoms with Crippen molar-refractivity contribution in [3.05, 3.63) is 48.1 Å². The van der Waals surface area contributed by atoms with Gasteiger partial charge in [0.1, 0.15) is 0 Å². The molecule has 2 fully saturated rings. The van der Waals surface area contributed by atoms with Gasteiger partial charge in [-0.3, -0.25) is 0 Å². The lowest BCUT2D eigenvalue weighted by Crippen LogP contribution is -2.44. The third-order valence-corrected chi connectivity index (χ3v) is 7.25. The Balaban J connectivity index is 1.95. The number of allylic oxidation sites excluding steroid dienone is 6. The van der Waals surface area contributed by atoms with Gasteiger partial charge in [0.25, 0.3) is 0 Å². The second-order valence-electron chi connectivity index (χ2n) is 8.63. The van der Waals surface area contributed by atoms with Crippen LogP contribution in [0, 0.1) is 28.6 Å². The molecular formula is C22H32. The van der Waals surface area contributed by atoms with Crippen LogP contribution in [0.4, 0.5) is 0 Å². The first-order valence-electron chi connectivity index (χ1n) is 9.04. The monoisotopic (exact) mass is 296 g/mol. The molecule has 0 heterocycles. The summed E-state index contributed by atoms with van der Waals surface area (Å²) in [6, 6.07) is 0. The molecule has 2 saturated carbocycles. The third-order valence-electron chi connectivity index (χ3n) is 7.25. The molecule has 0 spiro atoms. The van der Waals surface area contributed by atoms with Crippen molar-refractivity contribution in [3.8, 4) is 0 Å². The van der Waals surface area contributed by atoms with Gasteiger partial charge >= 0.3 is 0 Å². The normalized spacial score (nSPS) is 44.9. The Bertz CT molecular complexity index is 561. The molecule has 0 aliphatic heterocycles. The molecule has 0 aromatic rings. The molecule has 3 aliphatic carbocycles. The first-order valence-corrected chi connectivity index (χ1v) is 9.04. The van der Waals surface area contributed by atoms with E-state index >= 15 is 0 Å². The van der Waals surface area contributed by atoms with Crippen LogP contribution in [0.3, 0.4) is 0 Å². The largest absolute Gasteiger partial charge is 0.0998 e. The Morgan fingerprint density at radius 3 is 2.59 bits per heavy atom. The first-order chi connectivity index (χ1) is 10.3. The molecule has 0 radical (unpaired) electrons. The second kappa shape index (κ2) is 5.25. The van der Waals surface area contributed by atoms with Crippen LogP contribution >= 0.6 is 0 Å². The molecule has 0 heteroatoms. The highest BCUT2D eigenvalue weighted by Crippen LogP contribution is 2.62. The van der Waals surface area contributed by atoms with E-state index in [1.54, 1.807) is 0 Å². The Morgan fingerprint density at radius 1 is 1.23 bits per heavy atom. The summed E-state index contributed by atoms with van der Waals surface area (Å²) in [4.78, 5) is 0. The van der Waals surface area contributed by atoms with Crippen molar-refractivity contribution in [1.82, 2.24) is 0 Å². The molecule has 5 unspecified atom stereocenters. The first kappa shape index (κ1) is 15.8. The van der Waals surface area contributed by atoms with Crippen LogP contribution in [-0.2, 0) is 0 Å². The lowest BCUT2D eigenvalue weighted by Gasteiger charge is -2.52. The summed E-state index contributed by atoms with van der Waals surface area (Å²) in [6.45, 7) is 18.1. The van der Waals surface area contributed by atoms with Crippen molar-refractivity contribution in [2.75, 3.05) is 0 Å². The minimum atomic E-state index is 0.215. The van der Waals surface area contributed by atoms with Crippen LogP contribution in [0.15, 0.2) is 48.1 Å². The Labute approximate surface area is 137 Å². The number of hydrogen-bond donors (Lipinski definition) is 0. The van der Waals surface area contributed by atoms with Gasteiger partial charge in [-0.15, -0.1) is 0 Å². The number of fused-ring (bicyclic) bond motifs is 1. The fourth-order valence-corrected chi connectivity index (χ4v) is 5.88. The van der Waals surface area contributed by atoms with Crippen LogP contribution in [-0.4, -0.2) is 0 Å². The van der Waals surface area contributed by atoms with Gasteiger partial charge in [0.15, 0.2) is 0 Å². The third kappa shape index (κ3) is 2.27. The molecule has 0 aromatic heterocycles. The van der Waals surface area contributed by atoms with E-state index in [1.165, 1.54) is 43.3 Å². The fourth-order valence-electron chi connectivity index (χ4n) is 5.88. The molecule has 0 aromatic carbocycles. The smallest absolute Gasteiger partial charge is 0.00972 e. The maximum absolute atomic E-state index is 4.34. The van der Waals surface area contributed by atoms with E-state index in [9.17, 15) is 0 Å². The fraction of sp³-hybridized carbons (Fsp3) is 0.636. The van der Waals surface area contributed by atoms with E-state index in [2.05, 4.69) is 59.1 Å². The number of rotatable bonds is 2. The molecule has 0 N–H and O–H groups in total. The molecule has 120 valence electrons. The second-order valence-corrected chi connectivity index (χ2v) is 8.63. The van der Waals surface area contributed by atoms with Crippen molar-refractivity contribution >= 4 is 0 Å². The standard InChI is InChI=1S/C22H32/c1-7-18-19(22(6)11-8-15(2)12-17(22)4)9-10-21(5)14-16(3)13-20(18)21/h8,11-12,18-20H,2-3,7,9-10,13-14H2,1,4-6H3. The van der Waals surface area contributed by atoms with Crippen molar-refractivity contribution in [2.24, 2.45) is 28.6 Å². The summed E-state index contributed by atoms with van der Waals surface area (Å²) in [5, 5.41) is 0. The van der Waals surface area contributed by atoms with E-state index < -0.39 is 0 Å². The van der Waals surface area contributed by atoms with Crippen molar-refractivity contribution in [2.45, 2.75) is 59.8 Å². The van der Waals surface area contributed by atoms with E-state index in [4.69, 9.17) is 0 Å². The molecule has 3 aliphatic rings. The molecule has 22 heavy (non-hydrogen) atoms. The zero-order chi connectivity index (χ0) is 16.1. The molecule has 5 atom stereocenters. The van der Waals surface area contributed by atoms with Crippen LogP contribution < -0.4 is 0 Å². The average Bonchev–Trinajstić information content (AvgIpc) is 2.76. The molecule has 0 nitrogen and oxygen atoms in total. The molecule has 0 bridgehead atoms. The van der Waals surface area contributed by atoms with Gasteiger partial charge in [-0.2, -0.15) is 0 Å². The van der Waals surface area contributed by atoms with Gasteiger partial charge < -0.3 is 0 Å². The SMILES string of the molecule is C=C1C=CC(C)(C2CCC3(C)CC(=C)CC3C2CC)C(C)=C1. The maximum atomic E-state index is 4.34. The molecule has 0 amide bonds. The Kier molecular flexibility index (Phi) is 3.78. The van der Waals surface area contributed by atoms with Crippen LogP contribution in [0.5, 0.6) is 0 Å². The van der Waals surface area contributed by atoms with Gasteiger partial charge in [0, 0.05) is 5.41 Å². The van der Waals surface area contributed by atoms with Crippen LogP contribution in [0.2, 0.25) is 0 Å². The van der Waals surface area contributed by atoms with Crippen molar-refractivity contribution < 1.29 is 0 Å². The summed E-state index contributed by atoms with van der Waals surface area (Å²) >= 11 is 0. The molecular weight excluding hydrogens is 264 g/mol. The van der Waals surface area contributed by atoms with Crippen molar-refractivity contribution in [3.63, 3.8) is 0 Å². The minimum Gasteiger partial charge on any atom is -0.0998 e. The van der Waals surface area contributed by atoms with E-state index in [1.807, 2.05) is 0 Å². The Hall–Kier alpha value is -1.04. The summed E-state index contributed by atoms with van der Waals surface area (Å²) < 4.78 is 0. The topological polar surface area (TPSA) is 0 Å². The van der Waals surface area contributed by atoms with E-state index in [0.29, 0.717) is 5.41 Å². The van der Waals surface area contributed by atoms with Gasteiger partial charge in [0.2, 0.25) is 0 Å². The lowest BCUT2D eigenvalue weighted by molar-refractivity contribution is 0.00271. The highest BCUT2D eigenvalue weighted by atomic mass is 14.6. The molecule has 3 rings (SSSR count). The highest BCUT2D eigenvalue weighted by molar-refractivity contribution is 5.41. The predicted octanol–water partition coefficient (Wildman–Crippen LogP) is 6.47. The van der Waals surface area contributed by atoms with Crippen molar-refractivity contribution in [1.29, 1.82) is 0 Å². The average molecular weight is 296 g/mol. The lowest BCUT2D eigenvalue weighted by atomic mass is 9.52. The molecule has 0 saturated heterocycles. The quantitative estimate of drug-likeness (QED) is 0.512. The van der Waals surface area contributed by atoms with Gasteiger partial charge in [0.05, 0.1) is 0 Å². The minimum absolute atomic E-state index is 0.215. The predicted molar refractivity (Wildman–Crippen MR) is 96.6 cm³/mol.